The Labute approximate surface area is 162 Å². The summed E-state index contributed by atoms with van der Waals surface area (Å²) >= 11 is 0. The number of hydrogen-bond acceptors (Lipinski definition) is 6. The Kier molecular flexibility index (Phi) is 5.67. The zero-order valence-electron chi connectivity index (χ0n) is 16.0. The molecule has 0 spiro atoms. The van der Waals surface area contributed by atoms with Gasteiger partial charge in [-0.2, -0.15) is 0 Å². The van der Waals surface area contributed by atoms with Crippen molar-refractivity contribution in [2.75, 3.05) is 27.9 Å². The maximum atomic E-state index is 13.1. The van der Waals surface area contributed by atoms with Gasteiger partial charge in [0.25, 0.3) is 5.91 Å². The molecule has 1 atom stereocenters. The first-order chi connectivity index (χ1) is 13.5. The van der Waals surface area contributed by atoms with Gasteiger partial charge in [0.2, 0.25) is 5.88 Å². The van der Waals surface area contributed by atoms with Gasteiger partial charge in [-0.25, -0.2) is 4.98 Å². The molecule has 1 aliphatic heterocycles. The minimum atomic E-state index is -0.988. The summed E-state index contributed by atoms with van der Waals surface area (Å²) in [5.74, 6) is 0.214. The smallest absolute Gasteiger partial charge is 0.305 e. The van der Waals surface area contributed by atoms with Gasteiger partial charge in [-0.05, 0) is 35.7 Å². The first-order valence-corrected chi connectivity index (χ1v) is 8.76. The van der Waals surface area contributed by atoms with Gasteiger partial charge in [0, 0.05) is 18.8 Å². The average molecular weight is 386 g/mol. The third-order valence-electron chi connectivity index (χ3n) is 4.82. The standard InChI is InChI=1S/C20H22N2O6/c1-26-16-8-12-6-7-22(20(25)13-4-5-18(28-3)21-11-13)15(10-19(23)24)14(12)9-17(16)27-2/h4-5,8-9,11,15H,6-7,10H2,1-3H3,(H,23,24). The summed E-state index contributed by atoms with van der Waals surface area (Å²) in [6, 6.07) is 6.21. The van der Waals surface area contributed by atoms with Crippen LogP contribution in [0.25, 0.3) is 0 Å². The molecule has 28 heavy (non-hydrogen) atoms. The number of amides is 1. The third-order valence-corrected chi connectivity index (χ3v) is 4.82. The number of benzene rings is 1. The summed E-state index contributed by atoms with van der Waals surface area (Å²) in [4.78, 5) is 30.2. The molecule has 0 saturated carbocycles. The van der Waals surface area contributed by atoms with Gasteiger partial charge >= 0.3 is 5.97 Å². The van der Waals surface area contributed by atoms with Crippen molar-refractivity contribution in [1.82, 2.24) is 9.88 Å². The lowest BCUT2D eigenvalue weighted by molar-refractivity contribution is -0.138. The molecule has 0 bridgehead atoms. The van der Waals surface area contributed by atoms with Crippen LogP contribution < -0.4 is 14.2 Å². The Bertz CT molecular complexity index is 881. The van der Waals surface area contributed by atoms with Gasteiger partial charge in [0.15, 0.2) is 11.5 Å². The normalized spacial score (nSPS) is 15.5. The molecule has 1 aliphatic rings. The third kappa shape index (κ3) is 3.71. The Morgan fingerprint density at radius 2 is 1.86 bits per heavy atom. The molecule has 1 unspecified atom stereocenters. The number of pyridine rings is 1. The fourth-order valence-corrected chi connectivity index (χ4v) is 3.45. The number of aliphatic carboxylic acids is 1. The number of hydrogen-bond donors (Lipinski definition) is 1. The van der Waals surface area contributed by atoms with Gasteiger partial charge in [-0.15, -0.1) is 0 Å². The molecule has 148 valence electrons. The van der Waals surface area contributed by atoms with Crippen molar-refractivity contribution in [1.29, 1.82) is 0 Å². The Hall–Kier alpha value is -3.29. The van der Waals surface area contributed by atoms with E-state index in [1.165, 1.54) is 20.4 Å². The predicted octanol–water partition coefficient (Wildman–Crippen LogP) is 2.32. The van der Waals surface area contributed by atoms with Crippen LogP contribution >= 0.6 is 0 Å². The van der Waals surface area contributed by atoms with Gasteiger partial charge in [0.05, 0.1) is 39.4 Å². The molecule has 0 aliphatic carbocycles. The number of carbonyl (C=O) groups is 2. The van der Waals surface area contributed by atoms with Crippen molar-refractivity contribution >= 4 is 11.9 Å². The van der Waals surface area contributed by atoms with E-state index in [4.69, 9.17) is 14.2 Å². The van der Waals surface area contributed by atoms with Crippen LogP contribution in [-0.4, -0.2) is 54.7 Å². The maximum absolute atomic E-state index is 13.1. The second-order valence-electron chi connectivity index (χ2n) is 6.36. The van der Waals surface area contributed by atoms with Crippen LogP contribution in [0.2, 0.25) is 0 Å². The zero-order chi connectivity index (χ0) is 20.3. The molecule has 0 fully saturated rings. The second kappa shape index (κ2) is 8.16. The number of ether oxygens (including phenoxy) is 3. The van der Waals surface area contributed by atoms with E-state index in [0.717, 1.165) is 11.1 Å². The van der Waals surface area contributed by atoms with E-state index in [0.29, 0.717) is 35.9 Å². The lowest BCUT2D eigenvalue weighted by atomic mass is 9.89. The molecule has 2 aromatic rings. The Morgan fingerprint density at radius 3 is 2.43 bits per heavy atom. The second-order valence-corrected chi connectivity index (χ2v) is 6.36. The quantitative estimate of drug-likeness (QED) is 0.813. The molecule has 8 heteroatoms. The van der Waals surface area contributed by atoms with Crippen LogP contribution in [0.4, 0.5) is 0 Å². The molecular weight excluding hydrogens is 364 g/mol. The zero-order valence-corrected chi connectivity index (χ0v) is 16.0. The molecule has 0 radical (unpaired) electrons. The van der Waals surface area contributed by atoms with Crippen LogP contribution in [0, 0.1) is 0 Å². The summed E-state index contributed by atoms with van der Waals surface area (Å²) in [5.41, 5.74) is 2.07. The van der Waals surface area contributed by atoms with Gasteiger partial charge in [0.1, 0.15) is 0 Å². The SMILES string of the molecule is COc1ccc(C(=O)N2CCc3cc(OC)c(OC)cc3C2CC(=O)O)cn1. The fourth-order valence-electron chi connectivity index (χ4n) is 3.45. The van der Waals surface area contributed by atoms with Crippen molar-refractivity contribution in [2.24, 2.45) is 0 Å². The summed E-state index contributed by atoms with van der Waals surface area (Å²) in [5, 5.41) is 9.43. The van der Waals surface area contributed by atoms with Crippen molar-refractivity contribution in [3.8, 4) is 17.4 Å². The van der Waals surface area contributed by atoms with E-state index in [9.17, 15) is 14.7 Å². The summed E-state index contributed by atoms with van der Waals surface area (Å²) in [6.45, 7) is 0.394. The lowest BCUT2D eigenvalue weighted by Gasteiger charge is -2.37. The number of carboxylic acid groups (broad SMARTS) is 1. The minimum Gasteiger partial charge on any atom is -0.493 e. The molecule has 2 heterocycles. The summed E-state index contributed by atoms with van der Waals surface area (Å²) < 4.78 is 15.7. The molecule has 1 N–H and O–H groups in total. The van der Waals surface area contributed by atoms with Crippen LogP contribution in [0.15, 0.2) is 30.5 Å². The Balaban J connectivity index is 2.00. The van der Waals surface area contributed by atoms with Crippen molar-refractivity contribution in [3.63, 3.8) is 0 Å². The van der Waals surface area contributed by atoms with E-state index in [1.54, 1.807) is 30.2 Å². The highest BCUT2D eigenvalue weighted by atomic mass is 16.5. The number of nitrogens with zero attached hydrogens (tertiary/aromatic N) is 2. The first-order valence-electron chi connectivity index (χ1n) is 8.76. The highest BCUT2D eigenvalue weighted by molar-refractivity contribution is 5.94. The fraction of sp³-hybridized carbons (Fsp3) is 0.350. The number of carboxylic acids is 1. The number of aromatic nitrogens is 1. The molecule has 1 aromatic carbocycles. The number of rotatable bonds is 6. The lowest BCUT2D eigenvalue weighted by Crippen LogP contribution is -2.41. The van der Waals surface area contributed by atoms with Crippen LogP contribution in [-0.2, 0) is 11.2 Å². The number of methoxy groups -OCH3 is 3. The molecular formula is C20H22N2O6. The number of fused-ring (bicyclic) bond motifs is 1. The first kappa shape index (κ1) is 19.5. The van der Waals surface area contributed by atoms with Gasteiger partial charge < -0.3 is 24.2 Å². The number of carbonyl (C=O) groups excluding carboxylic acids is 1. The summed E-state index contributed by atoms with van der Waals surface area (Å²) in [6.07, 6.45) is 1.81. The highest BCUT2D eigenvalue weighted by Gasteiger charge is 2.34. The minimum absolute atomic E-state index is 0.211. The van der Waals surface area contributed by atoms with Gasteiger partial charge in [-0.1, -0.05) is 0 Å². The molecule has 0 saturated heterocycles. The predicted molar refractivity (Wildman–Crippen MR) is 100 cm³/mol. The van der Waals surface area contributed by atoms with E-state index < -0.39 is 12.0 Å². The van der Waals surface area contributed by atoms with E-state index in [-0.39, 0.29) is 12.3 Å². The van der Waals surface area contributed by atoms with Crippen molar-refractivity contribution in [2.45, 2.75) is 18.9 Å². The van der Waals surface area contributed by atoms with Gasteiger partial charge in [-0.3, -0.25) is 9.59 Å². The van der Waals surface area contributed by atoms with E-state index in [2.05, 4.69) is 4.98 Å². The van der Waals surface area contributed by atoms with Crippen LogP contribution in [0.5, 0.6) is 17.4 Å². The highest BCUT2D eigenvalue weighted by Crippen LogP contribution is 2.40. The van der Waals surface area contributed by atoms with Crippen molar-refractivity contribution in [3.05, 3.63) is 47.2 Å². The molecule has 3 rings (SSSR count). The van der Waals surface area contributed by atoms with Crippen molar-refractivity contribution < 1.29 is 28.9 Å². The topological polar surface area (TPSA) is 98.2 Å². The molecule has 8 nitrogen and oxygen atoms in total. The van der Waals surface area contributed by atoms with Crippen LogP contribution in [0.1, 0.15) is 33.9 Å². The largest absolute Gasteiger partial charge is 0.493 e. The Morgan fingerprint density at radius 1 is 1.14 bits per heavy atom. The average Bonchev–Trinajstić information content (AvgIpc) is 2.72. The monoisotopic (exact) mass is 386 g/mol. The summed E-state index contributed by atoms with van der Waals surface area (Å²) in [7, 11) is 4.56. The van der Waals surface area contributed by atoms with E-state index in [1.807, 2.05) is 6.07 Å². The van der Waals surface area contributed by atoms with E-state index >= 15 is 0 Å². The molecule has 1 amide bonds. The van der Waals surface area contributed by atoms with Crippen LogP contribution in [0.3, 0.4) is 0 Å². The maximum Gasteiger partial charge on any atom is 0.305 e. The molecule has 1 aromatic heterocycles.